The van der Waals surface area contributed by atoms with Crippen LogP contribution in [0.15, 0.2) is 36.4 Å². The summed E-state index contributed by atoms with van der Waals surface area (Å²) in [4.78, 5) is 19.2. The molecule has 7 nitrogen and oxygen atoms in total. The van der Waals surface area contributed by atoms with E-state index < -0.39 is 12.5 Å². The maximum Gasteiger partial charge on any atom is 0.307 e. The minimum absolute atomic E-state index is 0.0232. The van der Waals surface area contributed by atoms with Gasteiger partial charge >= 0.3 is 5.97 Å². The fourth-order valence-electron chi connectivity index (χ4n) is 5.58. The molecule has 2 aromatic rings. The molecule has 0 radical (unpaired) electrons. The van der Waals surface area contributed by atoms with Crippen LogP contribution in [-0.4, -0.2) is 67.8 Å². The summed E-state index contributed by atoms with van der Waals surface area (Å²) >= 11 is 12.6. The van der Waals surface area contributed by atoms with Crippen LogP contribution in [0.5, 0.6) is 5.75 Å². The van der Waals surface area contributed by atoms with Crippen LogP contribution in [-0.2, 0) is 16.0 Å². The summed E-state index contributed by atoms with van der Waals surface area (Å²) in [6, 6.07) is 11.9. The predicted octanol–water partition coefficient (Wildman–Crippen LogP) is 6.76. The fourth-order valence-corrected chi connectivity index (χ4v) is 6.00. The first-order valence-electron chi connectivity index (χ1n) is 15.1. The van der Waals surface area contributed by atoms with Gasteiger partial charge in [0.2, 0.25) is 0 Å². The number of rotatable bonds is 13. The number of hydrogen-bond acceptors (Lipinski definition) is 7. The van der Waals surface area contributed by atoms with E-state index in [2.05, 4.69) is 22.8 Å². The SMILES string of the molecule is CCCCC(=O)OC(C(C)C)N1c2cc(OCCCCN3CCN(c4cccc(Cl)c4Cl)CC3)ccc2CCC1O. The molecule has 1 fully saturated rings. The first-order valence-corrected chi connectivity index (χ1v) is 15.9. The van der Waals surface area contributed by atoms with Crippen LogP contribution in [0.3, 0.4) is 0 Å². The average Bonchev–Trinajstić information content (AvgIpc) is 2.96. The lowest BCUT2D eigenvalue weighted by atomic mass is 9.98. The summed E-state index contributed by atoms with van der Waals surface area (Å²) in [5, 5.41) is 12.2. The first-order chi connectivity index (χ1) is 19.8. The number of hydrogen-bond donors (Lipinski definition) is 1. The molecule has 1 saturated heterocycles. The molecule has 41 heavy (non-hydrogen) atoms. The van der Waals surface area contributed by atoms with Crippen LogP contribution >= 0.6 is 23.2 Å². The van der Waals surface area contributed by atoms with Crippen molar-refractivity contribution < 1.29 is 19.4 Å². The third-order valence-corrected chi connectivity index (χ3v) is 8.75. The van der Waals surface area contributed by atoms with E-state index in [-0.39, 0.29) is 11.9 Å². The average molecular weight is 607 g/mol. The molecule has 2 unspecified atom stereocenters. The molecule has 226 valence electrons. The van der Waals surface area contributed by atoms with E-state index in [4.69, 9.17) is 32.7 Å². The number of piperazine rings is 1. The molecule has 2 aromatic carbocycles. The number of fused-ring (bicyclic) bond motifs is 1. The highest BCUT2D eigenvalue weighted by Gasteiger charge is 2.35. The second kappa shape index (κ2) is 15.3. The van der Waals surface area contributed by atoms with Gasteiger partial charge in [0.05, 0.1) is 22.3 Å². The van der Waals surface area contributed by atoms with Gasteiger partial charge in [0.1, 0.15) is 12.0 Å². The number of benzene rings is 2. The second-order valence-electron chi connectivity index (χ2n) is 11.4. The number of halogens is 2. The molecule has 2 heterocycles. The number of aliphatic hydroxyl groups excluding tert-OH is 1. The third kappa shape index (κ3) is 8.44. The van der Waals surface area contributed by atoms with E-state index >= 15 is 0 Å². The molecule has 9 heteroatoms. The molecule has 0 saturated carbocycles. The van der Waals surface area contributed by atoms with E-state index in [1.807, 2.05) is 49.1 Å². The standard InChI is InChI=1S/C32H45Cl2N3O4/c1-4-5-11-30(39)41-32(23(2)3)37-28-22-25(14-12-24(28)13-15-29(37)38)40-21-7-6-16-35-17-19-36(20-18-35)27-10-8-9-26(33)31(27)34/h8-10,12,14,22-23,29,32,38H,4-7,11,13,15-21H2,1-3H3. The summed E-state index contributed by atoms with van der Waals surface area (Å²) in [6.45, 7) is 11.6. The molecule has 0 aromatic heterocycles. The molecule has 1 N–H and O–H groups in total. The Morgan fingerprint density at radius 3 is 2.56 bits per heavy atom. The largest absolute Gasteiger partial charge is 0.494 e. The Bertz CT molecular complexity index is 1140. The maximum atomic E-state index is 12.5. The Labute approximate surface area is 255 Å². The highest BCUT2D eigenvalue weighted by atomic mass is 35.5. The quantitative estimate of drug-likeness (QED) is 0.200. The van der Waals surface area contributed by atoms with Gasteiger partial charge in [-0.05, 0) is 62.4 Å². The Morgan fingerprint density at radius 1 is 1.05 bits per heavy atom. The highest BCUT2D eigenvalue weighted by Crippen LogP contribution is 2.37. The van der Waals surface area contributed by atoms with Gasteiger partial charge in [0.15, 0.2) is 6.23 Å². The molecule has 2 aliphatic rings. The van der Waals surface area contributed by atoms with E-state index in [0.717, 1.165) is 87.5 Å². The van der Waals surface area contributed by atoms with E-state index in [1.165, 1.54) is 0 Å². The van der Waals surface area contributed by atoms with Gasteiger partial charge in [-0.15, -0.1) is 0 Å². The summed E-state index contributed by atoms with van der Waals surface area (Å²) < 4.78 is 12.0. The lowest BCUT2D eigenvalue weighted by molar-refractivity contribution is -0.153. The Morgan fingerprint density at radius 2 is 1.83 bits per heavy atom. The molecule has 4 rings (SSSR count). The lowest BCUT2D eigenvalue weighted by Gasteiger charge is -2.42. The molecule has 2 atom stereocenters. The molecular weight excluding hydrogens is 561 g/mol. The number of aliphatic hydroxyl groups is 1. The molecule has 0 amide bonds. The van der Waals surface area contributed by atoms with E-state index in [0.29, 0.717) is 29.5 Å². The minimum Gasteiger partial charge on any atom is -0.494 e. The second-order valence-corrected chi connectivity index (χ2v) is 12.2. The number of aryl methyl sites for hydroxylation is 1. The molecular formula is C32H45Cl2N3O4. The lowest BCUT2D eigenvalue weighted by Crippen LogP contribution is -2.50. The van der Waals surface area contributed by atoms with Gasteiger partial charge < -0.3 is 24.4 Å². The van der Waals surface area contributed by atoms with Crippen LogP contribution in [0.4, 0.5) is 11.4 Å². The summed E-state index contributed by atoms with van der Waals surface area (Å²) in [7, 11) is 0. The van der Waals surface area contributed by atoms with Crippen molar-refractivity contribution in [2.24, 2.45) is 5.92 Å². The normalized spacial score (nSPS) is 18.4. The predicted molar refractivity (Wildman–Crippen MR) is 167 cm³/mol. The van der Waals surface area contributed by atoms with Crippen molar-refractivity contribution in [1.29, 1.82) is 0 Å². The van der Waals surface area contributed by atoms with Crippen LogP contribution < -0.4 is 14.5 Å². The van der Waals surface area contributed by atoms with Gasteiger partial charge in [-0.25, -0.2) is 0 Å². The number of nitrogens with zero attached hydrogens (tertiary/aromatic N) is 3. The van der Waals surface area contributed by atoms with Crippen molar-refractivity contribution in [3.63, 3.8) is 0 Å². The number of unbranched alkanes of at least 4 members (excludes halogenated alkanes) is 2. The Balaban J connectivity index is 1.26. The van der Waals surface area contributed by atoms with Gasteiger partial charge in [0.25, 0.3) is 0 Å². The highest BCUT2D eigenvalue weighted by molar-refractivity contribution is 6.43. The van der Waals surface area contributed by atoms with Gasteiger partial charge in [-0.1, -0.05) is 62.5 Å². The van der Waals surface area contributed by atoms with Crippen LogP contribution in [0.2, 0.25) is 10.0 Å². The van der Waals surface area contributed by atoms with Crippen LogP contribution in [0, 0.1) is 5.92 Å². The Kier molecular flexibility index (Phi) is 11.9. The van der Waals surface area contributed by atoms with Crippen molar-refractivity contribution in [3.05, 3.63) is 52.0 Å². The van der Waals surface area contributed by atoms with Crippen molar-refractivity contribution in [2.45, 2.75) is 78.2 Å². The van der Waals surface area contributed by atoms with Crippen LogP contribution in [0.1, 0.15) is 64.9 Å². The van der Waals surface area contributed by atoms with Crippen molar-refractivity contribution >= 4 is 40.5 Å². The van der Waals surface area contributed by atoms with Gasteiger partial charge in [-0.3, -0.25) is 9.69 Å². The molecule has 2 aliphatic heterocycles. The summed E-state index contributed by atoms with van der Waals surface area (Å²) in [5.41, 5.74) is 3.04. The van der Waals surface area contributed by atoms with Crippen LogP contribution in [0.25, 0.3) is 0 Å². The smallest absolute Gasteiger partial charge is 0.307 e. The van der Waals surface area contributed by atoms with Crippen molar-refractivity contribution in [2.75, 3.05) is 49.1 Å². The zero-order valence-corrected chi connectivity index (χ0v) is 26.2. The molecule has 0 bridgehead atoms. The fraction of sp³-hybridized carbons (Fsp3) is 0.594. The van der Waals surface area contributed by atoms with Crippen molar-refractivity contribution in [1.82, 2.24) is 4.90 Å². The number of carbonyl (C=O) groups is 1. The van der Waals surface area contributed by atoms with Crippen molar-refractivity contribution in [3.8, 4) is 5.75 Å². The minimum atomic E-state index is -0.709. The van der Waals surface area contributed by atoms with Gasteiger partial charge in [0, 0.05) is 50.3 Å². The van der Waals surface area contributed by atoms with E-state index in [1.54, 1.807) is 0 Å². The number of carbonyl (C=O) groups excluding carboxylic acids is 1. The zero-order chi connectivity index (χ0) is 29.4. The molecule has 0 aliphatic carbocycles. The Hall–Kier alpha value is -2.19. The number of anilines is 2. The topological polar surface area (TPSA) is 65.5 Å². The number of ether oxygens (including phenoxy) is 2. The van der Waals surface area contributed by atoms with E-state index in [9.17, 15) is 9.90 Å². The maximum absolute atomic E-state index is 12.5. The summed E-state index contributed by atoms with van der Waals surface area (Å²) in [6.07, 6.45) is 4.28. The first kappa shape index (κ1) is 31.7. The summed E-state index contributed by atoms with van der Waals surface area (Å²) in [5.74, 6) is 0.580. The van der Waals surface area contributed by atoms with Gasteiger partial charge in [-0.2, -0.15) is 0 Å². The zero-order valence-electron chi connectivity index (χ0n) is 24.7. The molecule has 0 spiro atoms. The third-order valence-electron chi connectivity index (χ3n) is 7.94. The number of esters is 1. The monoisotopic (exact) mass is 605 g/mol.